The number of aryl methyl sites for hydroxylation is 1. The van der Waals surface area contributed by atoms with E-state index in [1.807, 2.05) is 25.1 Å². The van der Waals surface area contributed by atoms with Gasteiger partial charge in [-0.05, 0) is 55.3 Å². The summed E-state index contributed by atoms with van der Waals surface area (Å²) in [6, 6.07) is 10.2. The van der Waals surface area contributed by atoms with Gasteiger partial charge in [-0.1, -0.05) is 6.07 Å². The van der Waals surface area contributed by atoms with Gasteiger partial charge in [-0.15, -0.1) is 0 Å². The molecule has 0 unspecified atom stereocenters. The van der Waals surface area contributed by atoms with E-state index in [1.165, 1.54) is 0 Å². The van der Waals surface area contributed by atoms with E-state index in [4.69, 9.17) is 9.47 Å². The molecule has 0 saturated carbocycles. The molecular weight excluding hydrogens is 368 g/mol. The number of ether oxygens (including phenoxy) is 2. The summed E-state index contributed by atoms with van der Waals surface area (Å²) in [6.07, 6.45) is 1.09. The van der Waals surface area contributed by atoms with Crippen LogP contribution in [0.2, 0.25) is 0 Å². The minimum absolute atomic E-state index is 0.234. The van der Waals surface area contributed by atoms with Gasteiger partial charge in [-0.3, -0.25) is 9.52 Å². The number of benzene rings is 2. The maximum atomic E-state index is 12.6. The molecule has 1 aliphatic heterocycles. The van der Waals surface area contributed by atoms with E-state index in [9.17, 15) is 13.2 Å². The number of amides is 1. The third kappa shape index (κ3) is 4.71. The van der Waals surface area contributed by atoms with E-state index in [2.05, 4.69) is 10.0 Å². The number of sulfonamides is 1. The molecule has 144 valence electrons. The second kappa shape index (κ2) is 7.48. The van der Waals surface area contributed by atoms with Gasteiger partial charge in [0, 0.05) is 5.56 Å². The third-order valence-corrected chi connectivity index (χ3v) is 4.79. The van der Waals surface area contributed by atoms with Gasteiger partial charge in [-0.25, -0.2) is 8.42 Å². The van der Waals surface area contributed by atoms with Crippen LogP contribution < -0.4 is 19.5 Å². The predicted molar refractivity (Wildman–Crippen MR) is 103 cm³/mol. The fourth-order valence-electron chi connectivity index (χ4n) is 2.81. The van der Waals surface area contributed by atoms with Gasteiger partial charge in [0.1, 0.15) is 13.2 Å². The second-order valence-corrected chi connectivity index (χ2v) is 8.25. The number of hydrogen-bond donors (Lipinski definition) is 2. The van der Waals surface area contributed by atoms with Gasteiger partial charge in [0.15, 0.2) is 11.5 Å². The molecule has 2 aromatic rings. The summed E-state index contributed by atoms with van der Waals surface area (Å²) in [5.41, 5.74) is 2.48. The average Bonchev–Trinajstić information content (AvgIpc) is 2.61. The Balaban J connectivity index is 1.72. The summed E-state index contributed by atoms with van der Waals surface area (Å²) in [4.78, 5) is 12.6. The molecule has 0 aromatic heterocycles. The normalized spacial score (nSPS) is 14.3. The Morgan fingerprint density at radius 1 is 1.07 bits per heavy atom. The number of fused-ring (bicyclic) bond motifs is 1. The molecule has 7 nitrogen and oxygen atoms in total. The second-order valence-electron chi connectivity index (χ2n) is 6.50. The lowest BCUT2D eigenvalue weighted by molar-refractivity contribution is 0.0939. The van der Waals surface area contributed by atoms with E-state index in [0.717, 1.165) is 11.8 Å². The van der Waals surface area contributed by atoms with E-state index in [0.29, 0.717) is 41.5 Å². The molecular formula is C19H22N2O5S. The first-order valence-corrected chi connectivity index (χ1v) is 10.4. The highest BCUT2D eigenvalue weighted by Crippen LogP contribution is 2.32. The van der Waals surface area contributed by atoms with Gasteiger partial charge < -0.3 is 14.8 Å². The van der Waals surface area contributed by atoms with Gasteiger partial charge >= 0.3 is 0 Å². The summed E-state index contributed by atoms with van der Waals surface area (Å²) in [5.74, 6) is 1.13. The largest absolute Gasteiger partial charge is 0.486 e. The smallest absolute Gasteiger partial charge is 0.251 e. The minimum atomic E-state index is -3.37. The predicted octanol–water partition coefficient (Wildman–Crippen LogP) is 2.63. The molecule has 2 aromatic carbocycles. The van der Waals surface area contributed by atoms with Gasteiger partial charge in [0.05, 0.1) is 18.0 Å². The lowest BCUT2D eigenvalue weighted by Crippen LogP contribution is -2.27. The van der Waals surface area contributed by atoms with Crippen LogP contribution in [-0.2, 0) is 10.0 Å². The summed E-state index contributed by atoms with van der Waals surface area (Å²) in [7, 11) is -3.37. The highest BCUT2D eigenvalue weighted by Gasteiger charge is 2.17. The Bertz CT molecular complexity index is 972. The Labute approximate surface area is 158 Å². The van der Waals surface area contributed by atoms with Gasteiger partial charge in [-0.2, -0.15) is 0 Å². The lowest BCUT2D eigenvalue weighted by atomic mass is 10.1. The maximum absolute atomic E-state index is 12.6. The Morgan fingerprint density at radius 2 is 1.78 bits per heavy atom. The third-order valence-electron chi connectivity index (χ3n) is 4.20. The topological polar surface area (TPSA) is 93.7 Å². The molecule has 0 bridgehead atoms. The van der Waals surface area contributed by atoms with Crippen LogP contribution in [0.15, 0.2) is 36.4 Å². The molecule has 1 atom stereocenters. The van der Waals surface area contributed by atoms with Crippen molar-refractivity contribution in [3.8, 4) is 11.5 Å². The summed E-state index contributed by atoms with van der Waals surface area (Å²) < 4.78 is 36.2. The fourth-order valence-corrected chi connectivity index (χ4v) is 3.44. The number of anilines is 1. The van der Waals surface area contributed by atoms with Crippen molar-refractivity contribution < 1.29 is 22.7 Å². The molecule has 3 rings (SSSR count). The Morgan fingerprint density at radius 3 is 2.44 bits per heavy atom. The maximum Gasteiger partial charge on any atom is 0.251 e. The molecule has 0 aliphatic carbocycles. The van der Waals surface area contributed by atoms with Crippen molar-refractivity contribution in [1.82, 2.24) is 5.32 Å². The van der Waals surface area contributed by atoms with Crippen LogP contribution in [0.25, 0.3) is 0 Å². The van der Waals surface area contributed by atoms with E-state index in [-0.39, 0.29) is 11.9 Å². The van der Waals surface area contributed by atoms with E-state index >= 15 is 0 Å². The number of hydrogen-bond acceptors (Lipinski definition) is 5. The van der Waals surface area contributed by atoms with Crippen LogP contribution in [0.1, 0.15) is 34.5 Å². The van der Waals surface area contributed by atoms with Crippen LogP contribution in [0.4, 0.5) is 5.69 Å². The first-order valence-electron chi connectivity index (χ1n) is 8.52. The van der Waals surface area contributed by atoms with E-state index in [1.54, 1.807) is 25.1 Å². The molecule has 0 radical (unpaired) electrons. The van der Waals surface area contributed by atoms with Crippen molar-refractivity contribution in [3.63, 3.8) is 0 Å². The lowest BCUT2D eigenvalue weighted by Gasteiger charge is -2.21. The molecule has 8 heteroatoms. The van der Waals surface area contributed by atoms with Crippen molar-refractivity contribution >= 4 is 21.6 Å². The molecule has 1 aliphatic rings. The zero-order valence-electron chi connectivity index (χ0n) is 15.4. The van der Waals surface area contributed by atoms with Gasteiger partial charge in [0.2, 0.25) is 10.0 Å². The van der Waals surface area contributed by atoms with Crippen LogP contribution in [-0.4, -0.2) is 33.8 Å². The standard InChI is InChI=1S/C19H22N2O5S/c1-12-10-15(4-6-16(12)21-27(3,23)24)19(22)20-13(2)14-5-7-17-18(11-14)26-9-8-25-17/h4-7,10-11,13,21H,8-9H2,1-3H3,(H,20,22)/t13-/m1/s1. The van der Waals surface area contributed by atoms with Crippen molar-refractivity contribution in [2.45, 2.75) is 19.9 Å². The Kier molecular flexibility index (Phi) is 5.27. The van der Waals surface area contributed by atoms with Crippen molar-refractivity contribution in [2.75, 3.05) is 24.2 Å². The fraction of sp³-hybridized carbons (Fsp3) is 0.316. The first-order chi connectivity index (χ1) is 12.7. The molecule has 0 spiro atoms. The summed E-state index contributed by atoms with van der Waals surface area (Å²) >= 11 is 0. The summed E-state index contributed by atoms with van der Waals surface area (Å²) in [5, 5.41) is 2.94. The monoisotopic (exact) mass is 390 g/mol. The SMILES string of the molecule is Cc1cc(C(=O)N[C@H](C)c2ccc3c(c2)OCCO3)ccc1NS(C)(=O)=O. The zero-order chi connectivity index (χ0) is 19.6. The number of nitrogens with one attached hydrogen (secondary N) is 2. The molecule has 27 heavy (non-hydrogen) atoms. The minimum Gasteiger partial charge on any atom is -0.486 e. The first kappa shape index (κ1) is 19.0. The number of carbonyl (C=O) groups is 1. The van der Waals surface area contributed by atoms with Crippen molar-refractivity contribution in [3.05, 3.63) is 53.1 Å². The zero-order valence-corrected chi connectivity index (χ0v) is 16.2. The van der Waals surface area contributed by atoms with Crippen LogP contribution in [0, 0.1) is 6.92 Å². The average molecular weight is 390 g/mol. The molecule has 1 heterocycles. The quantitative estimate of drug-likeness (QED) is 0.819. The molecule has 0 saturated heterocycles. The highest BCUT2D eigenvalue weighted by atomic mass is 32.2. The van der Waals surface area contributed by atoms with E-state index < -0.39 is 10.0 Å². The molecule has 0 fully saturated rings. The molecule has 1 amide bonds. The highest BCUT2D eigenvalue weighted by molar-refractivity contribution is 7.92. The van der Waals surface area contributed by atoms with Gasteiger partial charge in [0.25, 0.3) is 5.91 Å². The Hall–Kier alpha value is -2.74. The van der Waals surface area contributed by atoms with Crippen molar-refractivity contribution in [2.24, 2.45) is 0 Å². The van der Waals surface area contributed by atoms with Crippen LogP contribution in [0.3, 0.4) is 0 Å². The molecule has 2 N–H and O–H groups in total. The number of rotatable bonds is 5. The van der Waals surface area contributed by atoms with Crippen LogP contribution in [0.5, 0.6) is 11.5 Å². The summed E-state index contributed by atoms with van der Waals surface area (Å²) in [6.45, 7) is 4.66. The van der Waals surface area contributed by atoms with Crippen LogP contribution >= 0.6 is 0 Å². The van der Waals surface area contributed by atoms with Crippen molar-refractivity contribution in [1.29, 1.82) is 0 Å². The number of carbonyl (C=O) groups excluding carboxylic acids is 1.